The van der Waals surface area contributed by atoms with Crippen LogP contribution in [0, 0.1) is 0 Å². The van der Waals surface area contributed by atoms with E-state index in [4.69, 9.17) is 0 Å². The van der Waals surface area contributed by atoms with E-state index in [1.54, 1.807) is 12.4 Å². The van der Waals surface area contributed by atoms with Crippen molar-refractivity contribution in [1.29, 1.82) is 0 Å². The summed E-state index contributed by atoms with van der Waals surface area (Å²) in [6.45, 7) is 0. The number of hydrogen-bond acceptors (Lipinski definition) is 2. The summed E-state index contributed by atoms with van der Waals surface area (Å²) >= 11 is 3.32. The van der Waals surface area contributed by atoms with Gasteiger partial charge < -0.3 is 4.57 Å². The van der Waals surface area contributed by atoms with Crippen molar-refractivity contribution in [2.24, 2.45) is 7.05 Å². The molecule has 2 aromatic rings. The number of pyridine rings is 1. The van der Waals surface area contributed by atoms with Crippen LogP contribution in [0.1, 0.15) is 10.4 Å². The standard InChI is InChI=1S/C9H7BrN2O/c1-12-4-6(5-13)8-2-7(10)3-11-9(8)12/h2-5H,1H3. The van der Waals surface area contributed by atoms with Gasteiger partial charge in [0.05, 0.1) is 0 Å². The minimum Gasteiger partial charge on any atom is -0.335 e. The Hall–Kier alpha value is -1.16. The third-order valence-corrected chi connectivity index (χ3v) is 2.37. The zero-order valence-corrected chi connectivity index (χ0v) is 8.58. The van der Waals surface area contributed by atoms with E-state index in [1.165, 1.54) is 0 Å². The van der Waals surface area contributed by atoms with Crippen LogP contribution in [0.4, 0.5) is 0 Å². The first-order valence-corrected chi connectivity index (χ1v) is 4.57. The van der Waals surface area contributed by atoms with E-state index in [1.807, 2.05) is 17.7 Å². The fraction of sp³-hybridized carbons (Fsp3) is 0.111. The van der Waals surface area contributed by atoms with Crippen molar-refractivity contribution in [3.05, 3.63) is 28.5 Å². The van der Waals surface area contributed by atoms with Gasteiger partial charge in [0.25, 0.3) is 0 Å². The SMILES string of the molecule is Cn1cc(C=O)c2cc(Br)cnc21. The Morgan fingerprint density at radius 2 is 2.38 bits per heavy atom. The van der Waals surface area contributed by atoms with Crippen LogP contribution < -0.4 is 0 Å². The highest BCUT2D eigenvalue weighted by molar-refractivity contribution is 9.10. The molecule has 4 heteroatoms. The molecule has 0 radical (unpaired) electrons. The average molecular weight is 239 g/mol. The molecule has 3 nitrogen and oxygen atoms in total. The zero-order chi connectivity index (χ0) is 9.42. The Morgan fingerprint density at radius 1 is 1.62 bits per heavy atom. The van der Waals surface area contributed by atoms with Gasteiger partial charge in [-0.2, -0.15) is 0 Å². The molecule has 0 aliphatic carbocycles. The number of aryl methyl sites for hydroxylation is 1. The Kier molecular flexibility index (Phi) is 1.92. The molecule has 0 spiro atoms. The van der Waals surface area contributed by atoms with Crippen molar-refractivity contribution >= 4 is 33.2 Å². The van der Waals surface area contributed by atoms with Gasteiger partial charge in [0, 0.05) is 34.9 Å². The van der Waals surface area contributed by atoms with Crippen LogP contribution in [0.2, 0.25) is 0 Å². The lowest BCUT2D eigenvalue weighted by Gasteiger charge is -1.94. The van der Waals surface area contributed by atoms with Crippen molar-refractivity contribution in [3.8, 4) is 0 Å². The molecule has 0 atom stereocenters. The lowest BCUT2D eigenvalue weighted by Crippen LogP contribution is -1.86. The van der Waals surface area contributed by atoms with E-state index in [-0.39, 0.29) is 0 Å². The highest BCUT2D eigenvalue weighted by Gasteiger charge is 2.06. The number of fused-ring (bicyclic) bond motifs is 1. The predicted octanol–water partition coefficient (Wildman–Crippen LogP) is 2.15. The summed E-state index contributed by atoms with van der Waals surface area (Å²) in [6.07, 6.45) is 4.34. The molecular formula is C9H7BrN2O. The van der Waals surface area contributed by atoms with Gasteiger partial charge in [0.2, 0.25) is 0 Å². The summed E-state index contributed by atoms with van der Waals surface area (Å²) in [5.41, 5.74) is 1.50. The number of carbonyl (C=O) groups is 1. The fourth-order valence-corrected chi connectivity index (χ4v) is 1.69. The molecule has 0 N–H and O–H groups in total. The number of nitrogens with zero attached hydrogens (tertiary/aromatic N) is 2. The van der Waals surface area contributed by atoms with Gasteiger partial charge in [-0.1, -0.05) is 0 Å². The maximum absolute atomic E-state index is 10.7. The molecule has 0 amide bonds. The monoisotopic (exact) mass is 238 g/mol. The van der Waals surface area contributed by atoms with E-state index in [2.05, 4.69) is 20.9 Å². The summed E-state index contributed by atoms with van der Waals surface area (Å²) in [4.78, 5) is 14.9. The maximum Gasteiger partial charge on any atom is 0.152 e. The molecule has 0 saturated carbocycles. The molecule has 2 aromatic heterocycles. The molecule has 0 bridgehead atoms. The van der Waals surface area contributed by atoms with Crippen molar-refractivity contribution < 1.29 is 4.79 Å². The molecule has 0 saturated heterocycles. The van der Waals surface area contributed by atoms with E-state index in [9.17, 15) is 4.79 Å². The minimum atomic E-state index is 0.673. The quantitative estimate of drug-likeness (QED) is 0.714. The highest BCUT2D eigenvalue weighted by Crippen LogP contribution is 2.20. The predicted molar refractivity (Wildman–Crippen MR) is 53.8 cm³/mol. The molecular weight excluding hydrogens is 232 g/mol. The maximum atomic E-state index is 10.7. The van der Waals surface area contributed by atoms with E-state index < -0.39 is 0 Å². The van der Waals surface area contributed by atoms with Crippen molar-refractivity contribution in [1.82, 2.24) is 9.55 Å². The van der Waals surface area contributed by atoms with Gasteiger partial charge >= 0.3 is 0 Å². The largest absolute Gasteiger partial charge is 0.335 e. The summed E-state index contributed by atoms with van der Waals surface area (Å²) in [5.74, 6) is 0. The first kappa shape index (κ1) is 8.44. The Bertz CT molecular complexity index is 476. The van der Waals surface area contributed by atoms with Gasteiger partial charge in [0.15, 0.2) is 6.29 Å². The smallest absolute Gasteiger partial charge is 0.152 e. The topological polar surface area (TPSA) is 34.9 Å². The Morgan fingerprint density at radius 3 is 3.08 bits per heavy atom. The second-order valence-electron chi connectivity index (χ2n) is 2.84. The number of aldehydes is 1. The summed E-state index contributed by atoms with van der Waals surface area (Å²) < 4.78 is 2.72. The normalized spacial score (nSPS) is 10.6. The number of hydrogen-bond donors (Lipinski definition) is 0. The third-order valence-electron chi connectivity index (χ3n) is 1.94. The second-order valence-corrected chi connectivity index (χ2v) is 3.75. The number of halogens is 1. The van der Waals surface area contributed by atoms with E-state index >= 15 is 0 Å². The number of aromatic nitrogens is 2. The van der Waals surface area contributed by atoms with Crippen LogP contribution in [0.5, 0.6) is 0 Å². The van der Waals surface area contributed by atoms with Gasteiger partial charge in [-0.05, 0) is 22.0 Å². The molecule has 13 heavy (non-hydrogen) atoms. The van der Waals surface area contributed by atoms with E-state index in [0.29, 0.717) is 5.56 Å². The molecule has 2 heterocycles. The fourth-order valence-electron chi connectivity index (χ4n) is 1.36. The van der Waals surface area contributed by atoms with Crippen molar-refractivity contribution in [2.75, 3.05) is 0 Å². The first-order valence-electron chi connectivity index (χ1n) is 3.78. The highest BCUT2D eigenvalue weighted by atomic mass is 79.9. The lowest BCUT2D eigenvalue weighted by molar-refractivity contribution is 0.112. The molecule has 0 unspecified atom stereocenters. The second kappa shape index (κ2) is 2.96. The zero-order valence-electron chi connectivity index (χ0n) is 6.99. The third kappa shape index (κ3) is 1.27. The Labute approximate surface area is 83.5 Å². The lowest BCUT2D eigenvalue weighted by atomic mass is 10.2. The average Bonchev–Trinajstić information content (AvgIpc) is 2.42. The van der Waals surface area contributed by atoms with Crippen molar-refractivity contribution in [2.45, 2.75) is 0 Å². The van der Waals surface area contributed by atoms with Gasteiger partial charge in [-0.15, -0.1) is 0 Å². The molecule has 0 aliphatic heterocycles. The molecule has 2 rings (SSSR count). The van der Waals surface area contributed by atoms with Gasteiger partial charge in [-0.3, -0.25) is 4.79 Å². The summed E-state index contributed by atoms with van der Waals surface area (Å²) in [5, 5.41) is 0.881. The number of carbonyl (C=O) groups excluding carboxylic acids is 1. The van der Waals surface area contributed by atoms with Crippen LogP contribution in [0.3, 0.4) is 0 Å². The van der Waals surface area contributed by atoms with Crippen LogP contribution in [0.25, 0.3) is 11.0 Å². The first-order chi connectivity index (χ1) is 6.22. The summed E-state index contributed by atoms with van der Waals surface area (Å²) in [6, 6.07) is 1.89. The van der Waals surface area contributed by atoms with Crippen LogP contribution in [0.15, 0.2) is 22.9 Å². The van der Waals surface area contributed by atoms with Crippen LogP contribution >= 0.6 is 15.9 Å². The molecule has 0 aliphatic rings. The van der Waals surface area contributed by atoms with Gasteiger partial charge in [0.1, 0.15) is 5.65 Å². The van der Waals surface area contributed by atoms with Crippen LogP contribution in [-0.4, -0.2) is 15.8 Å². The molecule has 0 aromatic carbocycles. The minimum absolute atomic E-state index is 0.673. The van der Waals surface area contributed by atoms with E-state index in [0.717, 1.165) is 21.8 Å². The number of rotatable bonds is 1. The van der Waals surface area contributed by atoms with Crippen LogP contribution in [-0.2, 0) is 7.05 Å². The van der Waals surface area contributed by atoms with Crippen molar-refractivity contribution in [3.63, 3.8) is 0 Å². The Balaban J connectivity index is 2.89. The summed E-state index contributed by atoms with van der Waals surface area (Å²) in [7, 11) is 1.87. The molecule has 66 valence electrons. The molecule has 0 fully saturated rings. The van der Waals surface area contributed by atoms with Gasteiger partial charge in [-0.25, -0.2) is 4.98 Å².